The first kappa shape index (κ1) is 18.6. The Morgan fingerprint density at radius 3 is 2.12 bits per heavy atom. The van der Waals surface area contributed by atoms with Crippen molar-refractivity contribution in [2.24, 2.45) is 5.73 Å². The molecule has 0 atom stereocenters. The maximum absolute atomic E-state index is 11.2. The number of amides is 1. The minimum Gasteiger partial charge on any atom is -0.328 e. The second-order valence-electron chi connectivity index (χ2n) is 7.34. The number of benzene rings is 2. The zero-order valence-corrected chi connectivity index (χ0v) is 15.5. The fourth-order valence-electron chi connectivity index (χ4n) is 3.73. The van der Waals surface area contributed by atoms with Gasteiger partial charge >= 0.3 is 0 Å². The van der Waals surface area contributed by atoms with Gasteiger partial charge in [-0.15, -0.1) is 0 Å². The lowest BCUT2D eigenvalue weighted by atomic mass is 9.90. The molecule has 1 aliphatic carbocycles. The molecule has 1 saturated carbocycles. The Kier molecular flexibility index (Phi) is 6.42. The van der Waals surface area contributed by atoms with E-state index < -0.39 is 0 Å². The Labute approximate surface area is 156 Å². The summed E-state index contributed by atoms with van der Waals surface area (Å²) in [6.45, 7) is 3.40. The molecule has 0 bridgehead atoms. The van der Waals surface area contributed by atoms with Crippen LogP contribution < -0.4 is 11.1 Å². The number of hydrogen-bond acceptors (Lipinski definition) is 3. The van der Waals surface area contributed by atoms with Gasteiger partial charge in [0.1, 0.15) is 0 Å². The van der Waals surface area contributed by atoms with Gasteiger partial charge in [0.25, 0.3) is 0 Å². The maximum atomic E-state index is 11.2. The fraction of sp³-hybridized carbons (Fsp3) is 0.409. The molecule has 0 unspecified atom stereocenters. The third-order valence-electron chi connectivity index (χ3n) is 5.15. The molecule has 0 aromatic heterocycles. The number of nitrogens with two attached hydrogens (primary N) is 1. The molecule has 1 amide bonds. The van der Waals surface area contributed by atoms with E-state index in [1.165, 1.54) is 18.1 Å². The quantitative estimate of drug-likeness (QED) is 0.829. The molecule has 0 heterocycles. The summed E-state index contributed by atoms with van der Waals surface area (Å²) in [6, 6.07) is 19.8. The van der Waals surface area contributed by atoms with E-state index in [-0.39, 0.29) is 5.91 Å². The van der Waals surface area contributed by atoms with E-state index in [2.05, 4.69) is 52.7 Å². The summed E-state index contributed by atoms with van der Waals surface area (Å²) < 4.78 is 0. The molecule has 2 aromatic carbocycles. The molecule has 3 rings (SSSR count). The predicted molar refractivity (Wildman–Crippen MR) is 107 cm³/mol. The molecule has 26 heavy (non-hydrogen) atoms. The molecule has 4 heteroatoms. The normalized spacial score (nSPS) is 20.1. The average Bonchev–Trinajstić information content (AvgIpc) is 2.64. The standard InChI is InChI=1S/C22H29N3O/c1-17(26)24-21-11-7-19(8-12-21)16-25(15-18-5-3-2-4-6-18)22-13-9-20(23)10-14-22/h2-8,11-12,20,22H,9-10,13-16,23H2,1H3,(H,24,26). The number of nitrogens with zero attached hydrogens (tertiary/aromatic N) is 1. The van der Waals surface area contributed by atoms with Crippen LogP contribution in [0.4, 0.5) is 5.69 Å². The van der Waals surface area contributed by atoms with Crippen LogP contribution in [0.25, 0.3) is 0 Å². The number of rotatable bonds is 6. The van der Waals surface area contributed by atoms with E-state index in [9.17, 15) is 4.79 Å². The van der Waals surface area contributed by atoms with Crippen LogP contribution in [0.3, 0.4) is 0 Å². The van der Waals surface area contributed by atoms with Crippen molar-refractivity contribution in [3.05, 3.63) is 65.7 Å². The van der Waals surface area contributed by atoms with Gasteiger partial charge in [-0.05, 0) is 48.9 Å². The van der Waals surface area contributed by atoms with Crippen molar-refractivity contribution in [1.82, 2.24) is 4.90 Å². The van der Waals surface area contributed by atoms with Crippen molar-refractivity contribution in [3.63, 3.8) is 0 Å². The Morgan fingerprint density at radius 1 is 0.962 bits per heavy atom. The molecule has 0 aliphatic heterocycles. The lowest BCUT2D eigenvalue weighted by molar-refractivity contribution is -0.114. The number of nitrogens with one attached hydrogen (secondary N) is 1. The third kappa shape index (κ3) is 5.41. The number of carbonyl (C=O) groups excluding carboxylic acids is 1. The van der Waals surface area contributed by atoms with Gasteiger partial charge in [0.15, 0.2) is 0 Å². The SMILES string of the molecule is CC(=O)Nc1ccc(CN(Cc2ccccc2)C2CCC(N)CC2)cc1. The van der Waals surface area contributed by atoms with Crippen molar-refractivity contribution in [1.29, 1.82) is 0 Å². The highest BCUT2D eigenvalue weighted by atomic mass is 16.1. The summed E-state index contributed by atoms with van der Waals surface area (Å²) in [5.41, 5.74) is 9.57. The fourth-order valence-corrected chi connectivity index (χ4v) is 3.73. The molecule has 0 spiro atoms. The van der Waals surface area contributed by atoms with Crippen molar-refractivity contribution >= 4 is 11.6 Å². The molecule has 138 valence electrons. The highest BCUT2D eigenvalue weighted by molar-refractivity contribution is 5.88. The summed E-state index contributed by atoms with van der Waals surface area (Å²) in [5.74, 6) is -0.0398. The second-order valence-corrected chi connectivity index (χ2v) is 7.34. The summed E-state index contributed by atoms with van der Waals surface area (Å²) in [6.07, 6.45) is 4.55. The van der Waals surface area contributed by atoms with Gasteiger partial charge in [-0.3, -0.25) is 9.69 Å². The molecule has 4 nitrogen and oxygen atoms in total. The predicted octanol–water partition coefficient (Wildman–Crippen LogP) is 3.92. The Bertz CT molecular complexity index is 691. The van der Waals surface area contributed by atoms with Crippen molar-refractivity contribution in [2.75, 3.05) is 5.32 Å². The minimum atomic E-state index is -0.0398. The summed E-state index contributed by atoms with van der Waals surface area (Å²) in [5, 5.41) is 2.83. The molecule has 0 radical (unpaired) electrons. The first-order valence-corrected chi connectivity index (χ1v) is 9.50. The molecular formula is C22H29N3O. The van der Waals surface area contributed by atoms with E-state index in [1.807, 2.05) is 12.1 Å². The third-order valence-corrected chi connectivity index (χ3v) is 5.15. The van der Waals surface area contributed by atoms with Gasteiger partial charge in [0.05, 0.1) is 0 Å². The van der Waals surface area contributed by atoms with Gasteiger partial charge in [-0.1, -0.05) is 42.5 Å². The number of anilines is 1. The lowest BCUT2D eigenvalue weighted by Crippen LogP contribution is -2.40. The van der Waals surface area contributed by atoms with E-state index in [0.717, 1.165) is 44.5 Å². The van der Waals surface area contributed by atoms with Crippen LogP contribution in [0.5, 0.6) is 0 Å². The Balaban J connectivity index is 1.71. The molecule has 2 aromatic rings. The summed E-state index contributed by atoms with van der Waals surface area (Å²) >= 11 is 0. The van der Waals surface area contributed by atoms with Crippen LogP contribution in [-0.2, 0) is 17.9 Å². The average molecular weight is 351 g/mol. The summed E-state index contributed by atoms with van der Waals surface area (Å²) in [4.78, 5) is 13.8. The van der Waals surface area contributed by atoms with Crippen molar-refractivity contribution in [2.45, 2.75) is 57.8 Å². The first-order chi connectivity index (χ1) is 12.6. The minimum absolute atomic E-state index is 0.0398. The smallest absolute Gasteiger partial charge is 0.221 e. The molecule has 1 fully saturated rings. The monoisotopic (exact) mass is 351 g/mol. The summed E-state index contributed by atoms with van der Waals surface area (Å²) in [7, 11) is 0. The molecule has 1 aliphatic rings. The number of carbonyl (C=O) groups is 1. The highest BCUT2D eigenvalue weighted by Gasteiger charge is 2.24. The number of hydrogen-bond donors (Lipinski definition) is 2. The van der Waals surface area contributed by atoms with Crippen molar-refractivity contribution < 1.29 is 4.79 Å². The molecular weight excluding hydrogens is 322 g/mol. The van der Waals surface area contributed by atoms with E-state index in [1.54, 1.807) is 0 Å². The van der Waals surface area contributed by atoms with Crippen LogP contribution in [0.1, 0.15) is 43.7 Å². The van der Waals surface area contributed by atoms with Crippen LogP contribution in [0.2, 0.25) is 0 Å². The molecule has 3 N–H and O–H groups in total. The Morgan fingerprint density at radius 2 is 1.54 bits per heavy atom. The zero-order valence-electron chi connectivity index (χ0n) is 15.5. The van der Waals surface area contributed by atoms with Gasteiger partial charge in [-0.25, -0.2) is 0 Å². The van der Waals surface area contributed by atoms with Crippen LogP contribution in [0, 0.1) is 0 Å². The van der Waals surface area contributed by atoms with E-state index >= 15 is 0 Å². The zero-order chi connectivity index (χ0) is 18.4. The van der Waals surface area contributed by atoms with Crippen molar-refractivity contribution in [3.8, 4) is 0 Å². The van der Waals surface area contributed by atoms with Gasteiger partial charge < -0.3 is 11.1 Å². The van der Waals surface area contributed by atoms with Crippen LogP contribution in [-0.4, -0.2) is 22.9 Å². The van der Waals surface area contributed by atoms with Gasteiger partial charge in [0.2, 0.25) is 5.91 Å². The lowest BCUT2D eigenvalue weighted by Gasteiger charge is -2.36. The van der Waals surface area contributed by atoms with Gasteiger partial charge in [-0.2, -0.15) is 0 Å². The van der Waals surface area contributed by atoms with Gasteiger partial charge in [0, 0.05) is 37.8 Å². The first-order valence-electron chi connectivity index (χ1n) is 9.50. The van der Waals surface area contributed by atoms with Crippen LogP contribution >= 0.6 is 0 Å². The van der Waals surface area contributed by atoms with E-state index in [4.69, 9.17) is 5.73 Å². The Hall–Kier alpha value is -2.17. The largest absolute Gasteiger partial charge is 0.328 e. The highest BCUT2D eigenvalue weighted by Crippen LogP contribution is 2.25. The van der Waals surface area contributed by atoms with E-state index in [0.29, 0.717) is 12.1 Å². The maximum Gasteiger partial charge on any atom is 0.221 e. The molecule has 0 saturated heterocycles. The topological polar surface area (TPSA) is 58.4 Å². The van der Waals surface area contributed by atoms with Crippen LogP contribution in [0.15, 0.2) is 54.6 Å². The second kappa shape index (κ2) is 8.97.